The van der Waals surface area contributed by atoms with Crippen LogP contribution in [0.15, 0.2) is 30.3 Å². The van der Waals surface area contributed by atoms with E-state index in [4.69, 9.17) is 18.8 Å². The molecule has 0 aromatic heterocycles. The molecule has 1 heterocycles. The molecule has 0 spiro atoms. The van der Waals surface area contributed by atoms with E-state index in [1.54, 1.807) is 6.92 Å². The molecule has 1 atom stereocenters. The Bertz CT molecular complexity index is 648. The maximum absolute atomic E-state index is 12.1. The van der Waals surface area contributed by atoms with Crippen LogP contribution in [0.25, 0.3) is 0 Å². The molecule has 1 amide bonds. The van der Waals surface area contributed by atoms with Crippen LogP contribution in [0.2, 0.25) is 5.82 Å². The molecule has 0 bridgehead atoms. The highest BCUT2D eigenvalue weighted by atomic mass is 16.7. The molecule has 1 aromatic carbocycles. The van der Waals surface area contributed by atoms with Crippen molar-refractivity contribution in [1.29, 1.82) is 0 Å². The predicted molar refractivity (Wildman–Crippen MR) is 106 cm³/mol. The van der Waals surface area contributed by atoms with Crippen molar-refractivity contribution in [2.24, 2.45) is 0 Å². The van der Waals surface area contributed by atoms with Gasteiger partial charge in [-0.2, -0.15) is 0 Å². The lowest BCUT2D eigenvalue weighted by Crippen LogP contribution is -2.41. The molecule has 0 aliphatic carbocycles. The fourth-order valence-electron chi connectivity index (χ4n) is 2.77. The van der Waals surface area contributed by atoms with Gasteiger partial charge in [-0.15, -0.1) is 0 Å². The Morgan fingerprint density at radius 3 is 2.25 bits per heavy atom. The van der Waals surface area contributed by atoms with Gasteiger partial charge in [0, 0.05) is 18.8 Å². The summed E-state index contributed by atoms with van der Waals surface area (Å²) in [5, 5.41) is 2.70. The maximum atomic E-state index is 12.1. The van der Waals surface area contributed by atoms with Crippen LogP contribution in [-0.2, 0) is 30.2 Å². The lowest BCUT2D eigenvalue weighted by Gasteiger charge is -2.32. The van der Waals surface area contributed by atoms with Gasteiger partial charge >= 0.3 is 19.2 Å². The van der Waals surface area contributed by atoms with Gasteiger partial charge in [-0.3, -0.25) is 4.79 Å². The number of ether oxygens (including phenoxy) is 2. The normalized spacial score (nSPS) is 18.4. The summed E-state index contributed by atoms with van der Waals surface area (Å²) in [6.07, 6.45) is -0.488. The summed E-state index contributed by atoms with van der Waals surface area (Å²) in [4.78, 5) is 24.1. The van der Waals surface area contributed by atoms with Crippen LogP contribution in [0.1, 0.15) is 46.6 Å². The molecular weight excluding hydrogens is 361 g/mol. The second kappa shape index (κ2) is 9.43. The topological polar surface area (TPSA) is 83.1 Å². The molecule has 1 aliphatic heterocycles. The maximum Gasteiger partial charge on any atom is 0.463 e. The van der Waals surface area contributed by atoms with E-state index in [-0.39, 0.29) is 25.5 Å². The molecule has 154 valence electrons. The molecule has 2 rings (SSSR count). The third-order valence-corrected chi connectivity index (χ3v) is 5.11. The summed E-state index contributed by atoms with van der Waals surface area (Å²) in [5.74, 6) is -0.758. The molecule has 7 nitrogen and oxygen atoms in total. The highest BCUT2D eigenvalue weighted by Crippen LogP contribution is 2.40. The first-order valence-electron chi connectivity index (χ1n) is 9.60. The summed E-state index contributed by atoms with van der Waals surface area (Å²) in [5.41, 5.74) is -0.164. The quantitative estimate of drug-likeness (QED) is 0.541. The van der Waals surface area contributed by atoms with Crippen molar-refractivity contribution in [2.45, 2.75) is 64.7 Å². The molecule has 1 N–H and O–H groups in total. The first-order chi connectivity index (χ1) is 13.1. The van der Waals surface area contributed by atoms with Gasteiger partial charge in [0.15, 0.2) is 0 Å². The number of hydrogen-bond acceptors (Lipinski definition) is 6. The van der Waals surface area contributed by atoms with Crippen LogP contribution in [0.3, 0.4) is 0 Å². The van der Waals surface area contributed by atoms with Gasteiger partial charge in [0.05, 0.1) is 17.8 Å². The number of carbonyl (C=O) groups is 2. The summed E-state index contributed by atoms with van der Waals surface area (Å²) in [6.45, 7) is 10.1. The Morgan fingerprint density at radius 1 is 1.07 bits per heavy atom. The predicted octanol–water partition coefficient (Wildman–Crippen LogP) is 3.33. The summed E-state index contributed by atoms with van der Waals surface area (Å²) >= 11 is 0. The zero-order valence-corrected chi connectivity index (χ0v) is 17.3. The Kier molecular flexibility index (Phi) is 7.49. The summed E-state index contributed by atoms with van der Waals surface area (Å²) < 4.78 is 22.4. The number of carbonyl (C=O) groups excluding carboxylic acids is 2. The SMILES string of the molecule is CCOC(=O)CC(CNC(=O)OCc1ccccc1)B1OC(C)(C)C(C)(C)O1. The zero-order valence-electron chi connectivity index (χ0n) is 17.3. The fraction of sp³-hybridized carbons (Fsp3) is 0.600. The molecule has 0 radical (unpaired) electrons. The number of benzene rings is 1. The van der Waals surface area contributed by atoms with Gasteiger partial charge in [-0.05, 0) is 40.2 Å². The van der Waals surface area contributed by atoms with Crippen LogP contribution in [0, 0.1) is 0 Å². The number of amides is 1. The molecule has 1 aromatic rings. The van der Waals surface area contributed by atoms with E-state index >= 15 is 0 Å². The molecular formula is C20H30BNO6. The van der Waals surface area contributed by atoms with E-state index in [1.807, 2.05) is 58.0 Å². The Balaban J connectivity index is 1.94. The number of alkyl carbamates (subject to hydrolysis) is 1. The van der Waals surface area contributed by atoms with Crippen molar-refractivity contribution in [2.75, 3.05) is 13.2 Å². The first-order valence-corrected chi connectivity index (χ1v) is 9.60. The molecule has 0 saturated carbocycles. The summed E-state index contributed by atoms with van der Waals surface area (Å²) in [6, 6.07) is 9.41. The van der Waals surface area contributed by atoms with E-state index < -0.39 is 30.2 Å². The van der Waals surface area contributed by atoms with Crippen molar-refractivity contribution in [3.8, 4) is 0 Å². The summed E-state index contributed by atoms with van der Waals surface area (Å²) in [7, 11) is -0.635. The van der Waals surface area contributed by atoms with Crippen molar-refractivity contribution in [3.05, 3.63) is 35.9 Å². The van der Waals surface area contributed by atoms with Crippen molar-refractivity contribution < 1.29 is 28.4 Å². The van der Waals surface area contributed by atoms with Gasteiger partial charge < -0.3 is 24.1 Å². The monoisotopic (exact) mass is 391 g/mol. The van der Waals surface area contributed by atoms with Crippen LogP contribution in [0.5, 0.6) is 0 Å². The van der Waals surface area contributed by atoms with E-state index in [0.29, 0.717) is 6.61 Å². The van der Waals surface area contributed by atoms with E-state index in [2.05, 4.69) is 5.32 Å². The highest BCUT2D eigenvalue weighted by Gasteiger charge is 2.54. The Labute approximate surface area is 167 Å². The second-order valence-corrected chi connectivity index (χ2v) is 7.84. The zero-order chi connectivity index (χ0) is 20.8. The minimum Gasteiger partial charge on any atom is -0.466 e. The Morgan fingerprint density at radius 2 is 1.68 bits per heavy atom. The second-order valence-electron chi connectivity index (χ2n) is 7.84. The molecule has 1 unspecified atom stereocenters. The first kappa shape index (κ1) is 22.2. The lowest BCUT2D eigenvalue weighted by molar-refractivity contribution is -0.143. The average molecular weight is 391 g/mol. The molecule has 8 heteroatoms. The van der Waals surface area contributed by atoms with Gasteiger partial charge in [0.1, 0.15) is 6.61 Å². The Hall–Kier alpha value is -2.06. The molecule has 28 heavy (non-hydrogen) atoms. The molecule has 1 aliphatic rings. The van der Waals surface area contributed by atoms with E-state index in [0.717, 1.165) is 5.56 Å². The van der Waals surface area contributed by atoms with E-state index in [1.165, 1.54) is 0 Å². The number of esters is 1. The van der Waals surface area contributed by atoms with Gasteiger partial charge in [-0.1, -0.05) is 30.3 Å². The highest BCUT2D eigenvalue weighted by molar-refractivity contribution is 6.48. The smallest absolute Gasteiger partial charge is 0.463 e. The van der Waals surface area contributed by atoms with Gasteiger partial charge in [0.25, 0.3) is 0 Å². The minimum absolute atomic E-state index is 0.0730. The van der Waals surface area contributed by atoms with Crippen molar-refractivity contribution in [3.63, 3.8) is 0 Å². The number of hydrogen-bond donors (Lipinski definition) is 1. The van der Waals surface area contributed by atoms with Crippen LogP contribution in [0.4, 0.5) is 4.79 Å². The fourth-order valence-corrected chi connectivity index (χ4v) is 2.77. The number of rotatable bonds is 8. The molecule has 1 fully saturated rings. The molecule has 1 saturated heterocycles. The third-order valence-electron chi connectivity index (χ3n) is 5.11. The van der Waals surface area contributed by atoms with Crippen LogP contribution in [-0.4, -0.2) is 43.5 Å². The average Bonchev–Trinajstić information content (AvgIpc) is 2.85. The third kappa shape index (κ3) is 5.97. The van der Waals surface area contributed by atoms with Gasteiger partial charge in [-0.25, -0.2) is 4.79 Å². The van der Waals surface area contributed by atoms with Crippen LogP contribution < -0.4 is 5.32 Å². The minimum atomic E-state index is -0.635. The largest absolute Gasteiger partial charge is 0.466 e. The van der Waals surface area contributed by atoms with Crippen molar-refractivity contribution in [1.82, 2.24) is 5.32 Å². The van der Waals surface area contributed by atoms with Crippen LogP contribution >= 0.6 is 0 Å². The number of nitrogens with one attached hydrogen (secondary N) is 1. The van der Waals surface area contributed by atoms with Crippen molar-refractivity contribution >= 4 is 19.2 Å². The van der Waals surface area contributed by atoms with Gasteiger partial charge in [0.2, 0.25) is 0 Å². The lowest BCUT2D eigenvalue weighted by atomic mass is 9.70. The standard InChI is InChI=1S/C20H30BNO6/c1-6-25-17(23)12-16(21-27-19(2,3)20(4,5)28-21)13-22-18(24)26-14-15-10-8-7-9-11-15/h7-11,16H,6,12-14H2,1-5H3,(H,22,24). The van der Waals surface area contributed by atoms with E-state index in [9.17, 15) is 9.59 Å².